The lowest BCUT2D eigenvalue weighted by Gasteiger charge is -2.20. The van der Waals surface area contributed by atoms with Gasteiger partial charge in [0.25, 0.3) is 11.5 Å². The van der Waals surface area contributed by atoms with E-state index in [1.807, 2.05) is 6.92 Å². The summed E-state index contributed by atoms with van der Waals surface area (Å²) in [7, 11) is 1.52. The Morgan fingerprint density at radius 2 is 1.76 bits per heavy atom. The molecule has 0 spiro atoms. The van der Waals surface area contributed by atoms with Crippen molar-refractivity contribution in [1.29, 1.82) is 0 Å². The van der Waals surface area contributed by atoms with Crippen LogP contribution < -0.4 is 32.1 Å². The van der Waals surface area contributed by atoms with Crippen LogP contribution in [0.1, 0.15) is 49.4 Å². The zero-order valence-corrected chi connectivity index (χ0v) is 24.4. The van der Waals surface area contributed by atoms with Crippen LogP contribution in [-0.4, -0.2) is 34.9 Å². The molecule has 1 aliphatic carbocycles. The Labute approximate surface area is 245 Å². The number of carbonyl (C=O) groups is 3. The first-order valence-electron chi connectivity index (χ1n) is 13.3. The third kappa shape index (κ3) is 8.16. The van der Waals surface area contributed by atoms with E-state index in [0.29, 0.717) is 22.3 Å². The minimum Gasteiger partial charge on any atom is -0.352 e. The lowest BCUT2D eigenvalue weighted by atomic mass is 10.1. The molecule has 4 rings (SSSR count). The first kappa shape index (κ1) is 29.8. The summed E-state index contributed by atoms with van der Waals surface area (Å²) in [6.07, 6.45) is 3.70. The van der Waals surface area contributed by atoms with Gasteiger partial charge >= 0.3 is 0 Å². The molecule has 1 aromatic heterocycles. The molecule has 5 N–H and O–H groups in total. The number of unbranched alkanes of at least 4 members (excludes halogenated alkanes) is 1. The van der Waals surface area contributed by atoms with Crippen molar-refractivity contribution >= 4 is 62.2 Å². The highest BCUT2D eigenvalue weighted by molar-refractivity contribution is 9.10. The van der Waals surface area contributed by atoms with Gasteiger partial charge in [-0.2, -0.15) is 0 Å². The van der Waals surface area contributed by atoms with E-state index in [1.165, 1.54) is 29.8 Å². The fraction of sp³-hybridized carbons (Fsp3) is 0.310. The normalized spacial score (nSPS) is 12.4. The summed E-state index contributed by atoms with van der Waals surface area (Å²) >= 11 is 3.23. The monoisotopic (exact) mass is 626 g/mol. The van der Waals surface area contributed by atoms with Crippen molar-refractivity contribution in [2.75, 3.05) is 22.5 Å². The first-order valence-corrected chi connectivity index (χ1v) is 14.1. The first-order chi connectivity index (χ1) is 19.6. The number of carbonyl (C=O) groups excluding carboxylic acids is 3. The van der Waals surface area contributed by atoms with E-state index in [9.17, 15) is 23.6 Å². The maximum Gasteiger partial charge on any atom is 0.257 e. The maximum atomic E-state index is 14.7. The summed E-state index contributed by atoms with van der Waals surface area (Å²) in [5.74, 6) is -1.39. The second-order valence-electron chi connectivity index (χ2n) is 9.81. The van der Waals surface area contributed by atoms with Gasteiger partial charge in [-0.1, -0.05) is 35.3 Å². The zero-order chi connectivity index (χ0) is 29.5. The van der Waals surface area contributed by atoms with Crippen molar-refractivity contribution in [2.24, 2.45) is 7.05 Å². The van der Waals surface area contributed by atoms with Gasteiger partial charge in [-0.25, -0.2) is 4.39 Å². The number of benzene rings is 2. The molecule has 0 atom stereocenters. The van der Waals surface area contributed by atoms with E-state index in [1.54, 1.807) is 30.3 Å². The van der Waals surface area contributed by atoms with E-state index < -0.39 is 23.2 Å². The van der Waals surface area contributed by atoms with Crippen LogP contribution in [0.5, 0.6) is 0 Å². The molecular formula is C29H32BrFN6O4. The molecule has 3 aromatic rings. The van der Waals surface area contributed by atoms with Gasteiger partial charge in [-0.05, 0) is 55.7 Å². The van der Waals surface area contributed by atoms with Crippen LogP contribution in [0.15, 0.2) is 57.8 Å². The molecule has 12 heteroatoms. The van der Waals surface area contributed by atoms with E-state index in [4.69, 9.17) is 0 Å². The van der Waals surface area contributed by atoms with Crippen LogP contribution in [0.2, 0.25) is 0 Å². The number of nitrogens with one attached hydrogen (secondary N) is 5. The third-order valence-corrected chi connectivity index (χ3v) is 6.89. The summed E-state index contributed by atoms with van der Waals surface area (Å²) in [4.78, 5) is 50.6. The minimum absolute atomic E-state index is 0.0332. The highest BCUT2D eigenvalue weighted by Crippen LogP contribution is 2.31. The number of anilines is 5. The van der Waals surface area contributed by atoms with Gasteiger partial charge in [-0.3, -0.25) is 23.7 Å². The van der Waals surface area contributed by atoms with Crippen molar-refractivity contribution in [3.05, 3.63) is 74.7 Å². The van der Waals surface area contributed by atoms with Crippen molar-refractivity contribution in [3.63, 3.8) is 0 Å². The highest BCUT2D eigenvalue weighted by atomic mass is 79.9. The van der Waals surface area contributed by atoms with Crippen molar-refractivity contribution in [2.45, 2.75) is 45.1 Å². The van der Waals surface area contributed by atoms with Gasteiger partial charge in [0.1, 0.15) is 17.2 Å². The summed E-state index contributed by atoms with van der Waals surface area (Å²) in [5.41, 5.74) is 0.863. The Kier molecular flexibility index (Phi) is 9.77. The van der Waals surface area contributed by atoms with Gasteiger partial charge in [0.15, 0.2) is 0 Å². The number of hydrogen-bond donors (Lipinski definition) is 5. The molecular weight excluding hydrogens is 595 g/mol. The minimum atomic E-state index is -0.562. The molecule has 0 radical (unpaired) electrons. The molecule has 3 amide bonds. The average molecular weight is 628 g/mol. The second kappa shape index (κ2) is 13.4. The summed E-state index contributed by atoms with van der Waals surface area (Å²) in [5, 5.41) is 14.3. The number of aromatic nitrogens is 1. The van der Waals surface area contributed by atoms with Gasteiger partial charge in [0.2, 0.25) is 11.8 Å². The fourth-order valence-corrected chi connectivity index (χ4v) is 4.35. The van der Waals surface area contributed by atoms with E-state index in [0.717, 1.165) is 25.7 Å². The predicted molar refractivity (Wildman–Crippen MR) is 160 cm³/mol. The van der Waals surface area contributed by atoms with Crippen LogP contribution in [0.3, 0.4) is 0 Å². The van der Waals surface area contributed by atoms with Gasteiger partial charge in [0, 0.05) is 41.4 Å². The quantitative estimate of drug-likeness (QED) is 0.194. The molecule has 0 saturated heterocycles. The van der Waals surface area contributed by atoms with Gasteiger partial charge in [-0.15, -0.1) is 0 Å². The summed E-state index contributed by atoms with van der Waals surface area (Å²) < 4.78 is 16.5. The molecule has 0 unspecified atom stereocenters. The standard InChI is InChI=1S/C29H32BrFN6O4/c1-3-4-8-24(38)32-16-25(39)33-19-6-5-7-20(14-19)34-28-27(29(41)35-18-10-11-18)23(15-26(40)37(28)2)36-22-12-9-17(30)13-21(22)31/h5-7,9,12-15,18,34,36H,3-4,8,10-11,16H2,1-2H3,(H,32,38)(H,33,39)(H,35,41). The molecule has 2 aromatic carbocycles. The Morgan fingerprint density at radius 1 is 1.00 bits per heavy atom. The van der Waals surface area contributed by atoms with Crippen LogP contribution in [0, 0.1) is 5.82 Å². The predicted octanol–water partition coefficient (Wildman–Crippen LogP) is 4.91. The Hall–Kier alpha value is -4.19. The number of hydrogen-bond acceptors (Lipinski definition) is 6. The molecule has 1 heterocycles. The lowest BCUT2D eigenvalue weighted by Crippen LogP contribution is -2.32. The SMILES string of the molecule is CCCCC(=O)NCC(=O)Nc1cccc(Nc2c(C(=O)NC3CC3)c(Nc3ccc(Br)cc3F)cc(=O)n2C)c1. The molecule has 0 aliphatic heterocycles. The van der Waals surface area contributed by atoms with Crippen LogP contribution in [0.25, 0.3) is 0 Å². The van der Waals surface area contributed by atoms with Crippen LogP contribution in [0.4, 0.5) is 33.0 Å². The largest absolute Gasteiger partial charge is 0.352 e. The number of amides is 3. The van der Waals surface area contributed by atoms with Crippen molar-refractivity contribution in [1.82, 2.24) is 15.2 Å². The topological polar surface area (TPSA) is 133 Å². The Morgan fingerprint density at radius 3 is 2.46 bits per heavy atom. The Bertz CT molecular complexity index is 1520. The summed E-state index contributed by atoms with van der Waals surface area (Å²) in [6.45, 7) is 1.82. The van der Waals surface area contributed by atoms with E-state index in [-0.39, 0.29) is 41.2 Å². The number of rotatable bonds is 12. The smallest absolute Gasteiger partial charge is 0.257 e. The number of nitrogens with zero attached hydrogens (tertiary/aromatic N) is 1. The van der Waals surface area contributed by atoms with Crippen molar-refractivity contribution < 1.29 is 18.8 Å². The molecule has 10 nitrogen and oxygen atoms in total. The van der Waals surface area contributed by atoms with Crippen LogP contribution >= 0.6 is 15.9 Å². The third-order valence-electron chi connectivity index (χ3n) is 6.39. The van der Waals surface area contributed by atoms with Crippen molar-refractivity contribution in [3.8, 4) is 0 Å². The number of halogens is 2. The van der Waals surface area contributed by atoms with Gasteiger partial charge in [0.05, 0.1) is 17.9 Å². The maximum absolute atomic E-state index is 14.7. The van der Waals surface area contributed by atoms with E-state index in [2.05, 4.69) is 42.5 Å². The lowest BCUT2D eigenvalue weighted by molar-refractivity contribution is -0.124. The molecule has 0 bridgehead atoms. The average Bonchev–Trinajstić information content (AvgIpc) is 3.75. The molecule has 41 heavy (non-hydrogen) atoms. The molecule has 1 fully saturated rings. The summed E-state index contributed by atoms with van der Waals surface area (Å²) in [6, 6.07) is 12.4. The number of pyridine rings is 1. The highest BCUT2D eigenvalue weighted by Gasteiger charge is 2.28. The Balaban J connectivity index is 1.61. The van der Waals surface area contributed by atoms with Crippen LogP contribution in [-0.2, 0) is 16.6 Å². The molecule has 1 saturated carbocycles. The van der Waals surface area contributed by atoms with Gasteiger partial charge < -0.3 is 26.6 Å². The molecule has 1 aliphatic rings. The molecule has 216 valence electrons. The zero-order valence-electron chi connectivity index (χ0n) is 22.8. The second-order valence-corrected chi connectivity index (χ2v) is 10.7. The van der Waals surface area contributed by atoms with E-state index >= 15 is 0 Å². The fourth-order valence-electron chi connectivity index (χ4n) is 4.02.